The van der Waals surface area contributed by atoms with Crippen LogP contribution >= 0.6 is 0 Å². The topological polar surface area (TPSA) is 57.5 Å². The maximum absolute atomic E-state index is 11.2. The molecule has 0 saturated heterocycles. The molecule has 0 saturated carbocycles. The van der Waals surface area contributed by atoms with Gasteiger partial charge in [0.2, 0.25) is 0 Å². The summed E-state index contributed by atoms with van der Waals surface area (Å²) < 4.78 is 0. The number of aromatic carboxylic acids is 1. The molecule has 1 aromatic rings. The van der Waals surface area contributed by atoms with Gasteiger partial charge >= 0.3 is 5.97 Å². The largest absolute Gasteiger partial charge is 0.507 e. The van der Waals surface area contributed by atoms with Crippen LogP contribution in [0.5, 0.6) is 5.75 Å². The first-order chi connectivity index (χ1) is 11.0. The number of aryl methyl sites for hydroxylation is 1. The van der Waals surface area contributed by atoms with Crippen molar-refractivity contribution in [3.63, 3.8) is 0 Å². The smallest absolute Gasteiger partial charge is 0.339 e. The quantitative estimate of drug-likeness (QED) is 0.489. The van der Waals surface area contributed by atoms with Crippen molar-refractivity contribution in [3.05, 3.63) is 28.8 Å². The van der Waals surface area contributed by atoms with E-state index in [9.17, 15) is 15.0 Å². The number of hydrogen-bond donors (Lipinski definition) is 2. The molecular formula is C20H32O3. The Morgan fingerprint density at radius 3 is 2.17 bits per heavy atom. The third-order valence-corrected chi connectivity index (χ3v) is 4.54. The van der Waals surface area contributed by atoms with Gasteiger partial charge in [-0.05, 0) is 36.5 Å². The molecule has 0 fully saturated rings. The lowest BCUT2D eigenvalue weighted by molar-refractivity contribution is 0.0693. The molecule has 1 unspecified atom stereocenters. The lowest BCUT2D eigenvalue weighted by atomic mass is 9.91. The van der Waals surface area contributed by atoms with Gasteiger partial charge in [0.05, 0.1) is 0 Å². The van der Waals surface area contributed by atoms with Crippen LogP contribution in [0.25, 0.3) is 0 Å². The van der Waals surface area contributed by atoms with Gasteiger partial charge in [0.15, 0.2) is 0 Å². The van der Waals surface area contributed by atoms with E-state index in [-0.39, 0.29) is 17.2 Å². The Bertz CT molecular complexity index is 494. The first kappa shape index (κ1) is 19.5. The highest BCUT2D eigenvalue weighted by atomic mass is 16.4. The Morgan fingerprint density at radius 2 is 1.61 bits per heavy atom. The second kappa shape index (κ2) is 10.3. The van der Waals surface area contributed by atoms with Crippen LogP contribution in [0, 0.1) is 6.92 Å². The Hall–Kier alpha value is -1.51. The summed E-state index contributed by atoms with van der Waals surface area (Å²) in [5, 5.41) is 19.4. The highest BCUT2D eigenvalue weighted by Crippen LogP contribution is 2.33. The first-order valence-corrected chi connectivity index (χ1v) is 9.04. The number of hydrogen-bond acceptors (Lipinski definition) is 2. The normalized spacial score (nSPS) is 12.3. The van der Waals surface area contributed by atoms with Crippen molar-refractivity contribution in [2.45, 2.75) is 84.5 Å². The number of phenols is 1. The van der Waals surface area contributed by atoms with Crippen LogP contribution in [-0.4, -0.2) is 16.2 Å². The van der Waals surface area contributed by atoms with Crippen LogP contribution in [0.1, 0.15) is 99.0 Å². The number of carboxylic acids is 1. The molecule has 0 aliphatic heterocycles. The van der Waals surface area contributed by atoms with Crippen molar-refractivity contribution < 1.29 is 15.0 Å². The van der Waals surface area contributed by atoms with Crippen LogP contribution in [0.3, 0.4) is 0 Å². The zero-order chi connectivity index (χ0) is 17.2. The van der Waals surface area contributed by atoms with E-state index in [0.29, 0.717) is 0 Å². The Morgan fingerprint density at radius 1 is 1.04 bits per heavy atom. The molecule has 0 bridgehead atoms. The van der Waals surface area contributed by atoms with Crippen LogP contribution in [0.15, 0.2) is 12.1 Å². The first-order valence-electron chi connectivity index (χ1n) is 9.04. The lowest BCUT2D eigenvalue weighted by Crippen LogP contribution is -2.03. The van der Waals surface area contributed by atoms with E-state index in [1.54, 1.807) is 0 Å². The minimum atomic E-state index is -1.06. The molecule has 2 N–H and O–H groups in total. The number of carbonyl (C=O) groups is 1. The molecule has 3 nitrogen and oxygen atoms in total. The molecule has 0 aliphatic rings. The van der Waals surface area contributed by atoms with E-state index in [2.05, 4.69) is 13.8 Å². The fraction of sp³-hybridized carbons (Fsp3) is 0.650. The molecule has 1 atom stereocenters. The van der Waals surface area contributed by atoms with Gasteiger partial charge in [-0.15, -0.1) is 0 Å². The average Bonchev–Trinajstić information content (AvgIpc) is 2.51. The number of benzene rings is 1. The van der Waals surface area contributed by atoms with Crippen molar-refractivity contribution >= 4 is 5.97 Å². The second-order valence-electron chi connectivity index (χ2n) is 6.72. The summed E-state index contributed by atoms with van der Waals surface area (Å²) in [6, 6.07) is 3.45. The summed E-state index contributed by atoms with van der Waals surface area (Å²) in [5.74, 6) is -0.935. The fourth-order valence-electron chi connectivity index (χ4n) is 3.09. The molecule has 0 radical (unpaired) electrons. The number of unbranched alkanes of at least 4 members (excludes halogenated alkanes) is 7. The van der Waals surface area contributed by atoms with Crippen molar-refractivity contribution in [3.8, 4) is 5.75 Å². The van der Waals surface area contributed by atoms with Gasteiger partial charge in [-0.2, -0.15) is 0 Å². The number of rotatable bonds is 11. The van der Waals surface area contributed by atoms with E-state index >= 15 is 0 Å². The highest BCUT2D eigenvalue weighted by molar-refractivity contribution is 5.91. The molecule has 0 heterocycles. The van der Waals surface area contributed by atoms with Crippen molar-refractivity contribution in [1.29, 1.82) is 0 Å². The van der Waals surface area contributed by atoms with Crippen molar-refractivity contribution in [2.75, 3.05) is 0 Å². The van der Waals surface area contributed by atoms with E-state index in [4.69, 9.17) is 0 Å². The van der Waals surface area contributed by atoms with Gasteiger partial charge in [0.25, 0.3) is 0 Å². The number of aromatic hydroxyl groups is 1. The second-order valence-corrected chi connectivity index (χ2v) is 6.72. The van der Waals surface area contributed by atoms with E-state index in [1.807, 2.05) is 13.0 Å². The minimum absolute atomic E-state index is 0.0165. The van der Waals surface area contributed by atoms with E-state index in [1.165, 1.54) is 51.0 Å². The maximum Gasteiger partial charge on any atom is 0.339 e. The zero-order valence-electron chi connectivity index (χ0n) is 14.9. The predicted octanol–water partition coefficient (Wildman–Crippen LogP) is 6.03. The number of carboxylic acid groups (broad SMARTS) is 1. The SMILES string of the molecule is CCCCCCCCCCC(C)c1cc(C)cc(C(=O)O)c1O. The summed E-state index contributed by atoms with van der Waals surface area (Å²) in [7, 11) is 0. The average molecular weight is 320 g/mol. The summed E-state index contributed by atoms with van der Waals surface area (Å²) in [6.07, 6.45) is 11.2. The van der Waals surface area contributed by atoms with Crippen molar-refractivity contribution in [2.24, 2.45) is 0 Å². The summed E-state index contributed by atoms with van der Waals surface area (Å²) in [5.41, 5.74) is 1.67. The molecule has 0 spiro atoms. The molecule has 0 aromatic heterocycles. The fourth-order valence-corrected chi connectivity index (χ4v) is 3.09. The van der Waals surface area contributed by atoms with Crippen LogP contribution < -0.4 is 0 Å². The molecule has 1 rings (SSSR count). The van der Waals surface area contributed by atoms with Gasteiger partial charge in [-0.1, -0.05) is 71.3 Å². The van der Waals surface area contributed by atoms with E-state index < -0.39 is 5.97 Å². The third kappa shape index (κ3) is 6.64. The molecule has 130 valence electrons. The lowest BCUT2D eigenvalue weighted by Gasteiger charge is -2.16. The predicted molar refractivity (Wildman–Crippen MR) is 95.4 cm³/mol. The summed E-state index contributed by atoms with van der Waals surface area (Å²) >= 11 is 0. The van der Waals surface area contributed by atoms with Crippen molar-refractivity contribution in [1.82, 2.24) is 0 Å². The highest BCUT2D eigenvalue weighted by Gasteiger charge is 2.18. The summed E-state index contributed by atoms with van der Waals surface area (Å²) in [6.45, 7) is 6.18. The summed E-state index contributed by atoms with van der Waals surface area (Å²) in [4.78, 5) is 11.2. The minimum Gasteiger partial charge on any atom is -0.507 e. The van der Waals surface area contributed by atoms with Crippen LogP contribution in [0.4, 0.5) is 0 Å². The van der Waals surface area contributed by atoms with Gasteiger partial charge in [0, 0.05) is 0 Å². The zero-order valence-corrected chi connectivity index (χ0v) is 14.9. The van der Waals surface area contributed by atoms with Gasteiger partial charge in [-0.3, -0.25) is 0 Å². The van der Waals surface area contributed by atoms with Crippen LogP contribution in [-0.2, 0) is 0 Å². The molecular weight excluding hydrogens is 288 g/mol. The maximum atomic E-state index is 11.2. The van der Waals surface area contributed by atoms with Gasteiger partial charge in [0.1, 0.15) is 11.3 Å². The van der Waals surface area contributed by atoms with Gasteiger partial charge < -0.3 is 10.2 Å². The molecule has 23 heavy (non-hydrogen) atoms. The molecule has 0 amide bonds. The Labute approximate surface area is 140 Å². The van der Waals surface area contributed by atoms with E-state index in [0.717, 1.165) is 24.0 Å². The Balaban J connectivity index is 2.43. The van der Waals surface area contributed by atoms with Gasteiger partial charge in [-0.25, -0.2) is 4.79 Å². The standard InChI is InChI=1S/C20H32O3/c1-4-5-6-7-8-9-10-11-12-16(3)17-13-15(2)14-18(19(17)21)20(22)23/h13-14,16,21H,4-12H2,1-3H3,(H,22,23). The third-order valence-electron chi connectivity index (χ3n) is 4.54. The molecule has 1 aromatic carbocycles. The molecule has 3 heteroatoms. The molecule has 0 aliphatic carbocycles. The Kier molecular flexibility index (Phi) is 8.75. The van der Waals surface area contributed by atoms with Crippen LogP contribution in [0.2, 0.25) is 0 Å². The monoisotopic (exact) mass is 320 g/mol.